The van der Waals surface area contributed by atoms with E-state index in [1.165, 1.54) is 0 Å². The van der Waals surface area contributed by atoms with Crippen LogP contribution in [0.1, 0.15) is 20.8 Å². The van der Waals surface area contributed by atoms with E-state index in [1.807, 2.05) is 0 Å². The molecule has 2 unspecified atom stereocenters. The van der Waals surface area contributed by atoms with Gasteiger partial charge >= 0.3 is 5.97 Å². The van der Waals surface area contributed by atoms with Gasteiger partial charge in [-0.1, -0.05) is 13.8 Å². The molecular weight excluding hydrogens is 163 g/mol. The van der Waals surface area contributed by atoms with E-state index in [-0.39, 0.29) is 12.5 Å². The molecule has 0 amide bonds. The molecule has 0 radical (unpaired) electrons. The van der Waals surface area contributed by atoms with Gasteiger partial charge in [0.05, 0.1) is 12.7 Å². The molecule has 2 atom stereocenters. The van der Waals surface area contributed by atoms with Gasteiger partial charge < -0.3 is 9.84 Å². The van der Waals surface area contributed by atoms with Crippen LogP contribution in [-0.2, 0) is 9.53 Å². The molecule has 0 heterocycles. The maximum atomic E-state index is 12.9. The van der Waals surface area contributed by atoms with Gasteiger partial charge in [0.25, 0.3) is 0 Å². The highest BCUT2D eigenvalue weighted by Crippen LogP contribution is 2.10. The second kappa shape index (κ2) is 5.09. The molecule has 0 saturated heterocycles. The van der Waals surface area contributed by atoms with Crippen LogP contribution in [0, 0.1) is 5.92 Å². The van der Waals surface area contributed by atoms with Crippen LogP contribution in [0.3, 0.4) is 0 Å². The molecule has 0 aliphatic carbocycles. The summed E-state index contributed by atoms with van der Waals surface area (Å²) in [6, 6.07) is 0. The van der Waals surface area contributed by atoms with Gasteiger partial charge in [0.15, 0.2) is 0 Å². The molecule has 1 N–H and O–H groups in total. The Morgan fingerprint density at radius 3 is 2.42 bits per heavy atom. The highest BCUT2D eigenvalue weighted by Gasteiger charge is 2.29. The molecule has 0 aromatic carbocycles. The molecule has 0 fully saturated rings. The molecule has 0 aromatic rings. The molecule has 72 valence electrons. The number of halogens is 1. The van der Waals surface area contributed by atoms with Gasteiger partial charge in [-0.3, -0.25) is 0 Å². The minimum absolute atomic E-state index is 0.129. The number of hydrogen-bond donors (Lipinski definition) is 1. The number of alkyl halides is 1. The summed E-state index contributed by atoms with van der Waals surface area (Å²) < 4.78 is 17.3. The van der Waals surface area contributed by atoms with Crippen molar-refractivity contribution in [1.82, 2.24) is 0 Å². The smallest absolute Gasteiger partial charge is 0.343 e. The summed E-state index contributed by atoms with van der Waals surface area (Å²) in [7, 11) is 0. The first kappa shape index (κ1) is 11.4. The van der Waals surface area contributed by atoms with Gasteiger partial charge in [-0.2, -0.15) is 0 Å². The predicted octanol–water partition coefficient (Wildman–Crippen LogP) is 0.905. The fraction of sp³-hybridized carbons (Fsp3) is 0.875. The Labute approximate surface area is 71.5 Å². The molecule has 0 aliphatic rings. The molecule has 0 rings (SSSR count). The molecule has 3 nitrogen and oxygen atoms in total. The first-order chi connectivity index (χ1) is 5.50. The Balaban J connectivity index is 4.00. The third kappa shape index (κ3) is 3.17. The fourth-order valence-corrected chi connectivity index (χ4v) is 0.699. The first-order valence-corrected chi connectivity index (χ1v) is 3.99. The lowest BCUT2D eigenvalue weighted by molar-refractivity contribution is -0.154. The van der Waals surface area contributed by atoms with Gasteiger partial charge in [0.2, 0.25) is 6.17 Å². The van der Waals surface area contributed by atoms with Crippen molar-refractivity contribution >= 4 is 5.97 Å². The Morgan fingerprint density at radius 1 is 1.58 bits per heavy atom. The molecule has 0 aliphatic heterocycles. The highest BCUT2D eigenvalue weighted by molar-refractivity contribution is 5.75. The predicted molar refractivity (Wildman–Crippen MR) is 42.4 cm³/mol. The molecule has 0 bridgehead atoms. The van der Waals surface area contributed by atoms with E-state index in [0.717, 1.165) is 0 Å². The minimum Gasteiger partial charge on any atom is -0.464 e. The third-order valence-corrected chi connectivity index (χ3v) is 1.49. The van der Waals surface area contributed by atoms with Crippen molar-refractivity contribution in [1.29, 1.82) is 0 Å². The largest absolute Gasteiger partial charge is 0.464 e. The van der Waals surface area contributed by atoms with E-state index in [9.17, 15) is 9.18 Å². The number of aliphatic hydroxyl groups excluding tert-OH is 1. The van der Waals surface area contributed by atoms with Crippen LogP contribution in [0.5, 0.6) is 0 Å². The Hall–Kier alpha value is -0.640. The Bertz CT molecular complexity index is 147. The number of carbonyl (C=O) groups is 1. The zero-order chi connectivity index (χ0) is 9.72. The minimum atomic E-state index is -1.93. The molecule has 0 aromatic heterocycles. The summed E-state index contributed by atoms with van der Waals surface area (Å²) in [6.45, 7) is 4.99. The third-order valence-electron chi connectivity index (χ3n) is 1.49. The molecule has 0 saturated carbocycles. The number of ether oxygens (including phenoxy) is 1. The highest BCUT2D eigenvalue weighted by atomic mass is 19.1. The van der Waals surface area contributed by atoms with E-state index < -0.39 is 18.2 Å². The van der Waals surface area contributed by atoms with Crippen molar-refractivity contribution in [3.05, 3.63) is 0 Å². The second-order valence-electron chi connectivity index (χ2n) is 2.89. The summed E-state index contributed by atoms with van der Waals surface area (Å²) in [5.74, 6) is -1.27. The number of carbonyl (C=O) groups excluding carboxylic acids is 1. The van der Waals surface area contributed by atoms with E-state index >= 15 is 0 Å². The summed E-state index contributed by atoms with van der Waals surface area (Å²) in [6.07, 6.45) is -3.20. The lowest BCUT2D eigenvalue weighted by atomic mass is 10.0. The van der Waals surface area contributed by atoms with Crippen molar-refractivity contribution in [3.63, 3.8) is 0 Å². The Kier molecular flexibility index (Phi) is 4.81. The van der Waals surface area contributed by atoms with Gasteiger partial charge in [0, 0.05) is 0 Å². The van der Waals surface area contributed by atoms with Crippen molar-refractivity contribution in [3.8, 4) is 0 Å². The van der Waals surface area contributed by atoms with Crippen LogP contribution >= 0.6 is 0 Å². The number of aliphatic hydroxyl groups is 1. The SMILES string of the molecule is CCOC(=O)C(F)C(O)C(C)C. The fourth-order valence-electron chi connectivity index (χ4n) is 0.699. The maximum Gasteiger partial charge on any atom is 0.343 e. The van der Waals surface area contributed by atoms with Crippen LogP contribution in [0.15, 0.2) is 0 Å². The van der Waals surface area contributed by atoms with Crippen molar-refractivity contribution in [2.45, 2.75) is 33.0 Å². The van der Waals surface area contributed by atoms with Gasteiger partial charge in [0.1, 0.15) is 0 Å². The van der Waals surface area contributed by atoms with E-state index in [0.29, 0.717) is 0 Å². The monoisotopic (exact) mass is 178 g/mol. The van der Waals surface area contributed by atoms with Gasteiger partial charge in [-0.25, -0.2) is 9.18 Å². The lowest BCUT2D eigenvalue weighted by Gasteiger charge is -2.17. The summed E-state index contributed by atoms with van der Waals surface area (Å²) >= 11 is 0. The lowest BCUT2D eigenvalue weighted by Crippen LogP contribution is -2.35. The van der Waals surface area contributed by atoms with Crippen LogP contribution in [0.25, 0.3) is 0 Å². The average molecular weight is 178 g/mol. The van der Waals surface area contributed by atoms with Gasteiger partial charge in [-0.05, 0) is 12.8 Å². The first-order valence-electron chi connectivity index (χ1n) is 3.99. The van der Waals surface area contributed by atoms with Crippen molar-refractivity contribution in [2.75, 3.05) is 6.61 Å². The summed E-state index contributed by atoms with van der Waals surface area (Å²) in [5.41, 5.74) is 0. The maximum absolute atomic E-state index is 12.9. The normalized spacial score (nSPS) is 15.8. The summed E-state index contributed by atoms with van der Waals surface area (Å²) in [4.78, 5) is 10.7. The second-order valence-corrected chi connectivity index (χ2v) is 2.89. The van der Waals surface area contributed by atoms with E-state index in [2.05, 4.69) is 4.74 Å². The quantitative estimate of drug-likeness (QED) is 0.651. The zero-order valence-electron chi connectivity index (χ0n) is 7.58. The van der Waals surface area contributed by atoms with Crippen LogP contribution in [-0.4, -0.2) is 30.0 Å². The van der Waals surface area contributed by atoms with Crippen LogP contribution in [0.2, 0.25) is 0 Å². The summed E-state index contributed by atoms with van der Waals surface area (Å²) in [5, 5.41) is 9.12. The van der Waals surface area contributed by atoms with E-state index in [4.69, 9.17) is 5.11 Å². The van der Waals surface area contributed by atoms with Gasteiger partial charge in [-0.15, -0.1) is 0 Å². The van der Waals surface area contributed by atoms with Crippen LogP contribution in [0.4, 0.5) is 4.39 Å². The topological polar surface area (TPSA) is 46.5 Å². The average Bonchev–Trinajstić information content (AvgIpc) is 2.02. The molecule has 4 heteroatoms. The Morgan fingerprint density at radius 2 is 2.08 bits per heavy atom. The van der Waals surface area contributed by atoms with Crippen molar-refractivity contribution in [2.24, 2.45) is 5.92 Å². The van der Waals surface area contributed by atoms with Crippen molar-refractivity contribution < 1.29 is 19.0 Å². The standard InChI is InChI=1S/C8H15FO3/c1-4-12-8(11)6(9)7(10)5(2)3/h5-7,10H,4H2,1-3H3. The zero-order valence-corrected chi connectivity index (χ0v) is 7.58. The molecule has 0 spiro atoms. The number of rotatable bonds is 4. The van der Waals surface area contributed by atoms with E-state index in [1.54, 1.807) is 20.8 Å². The number of esters is 1. The number of hydrogen-bond acceptors (Lipinski definition) is 3. The molecular formula is C8H15FO3. The molecule has 12 heavy (non-hydrogen) atoms. The van der Waals surface area contributed by atoms with Crippen LogP contribution < -0.4 is 0 Å².